The quantitative estimate of drug-likeness (QED) is 0.439. The summed E-state index contributed by atoms with van der Waals surface area (Å²) in [6.45, 7) is 3.70. The lowest BCUT2D eigenvalue weighted by atomic mass is 10.3. The number of pyridine rings is 1. The Kier molecular flexibility index (Phi) is 6.67. The van der Waals surface area contributed by atoms with Gasteiger partial charge in [0.25, 0.3) is 0 Å². The van der Waals surface area contributed by atoms with Crippen molar-refractivity contribution in [2.24, 2.45) is 0 Å². The summed E-state index contributed by atoms with van der Waals surface area (Å²) in [6.07, 6.45) is 5.87. The van der Waals surface area contributed by atoms with Crippen LogP contribution in [-0.2, 0) is 16.0 Å². The number of hydrogen-bond acceptors (Lipinski definition) is 4. The number of esters is 1. The van der Waals surface area contributed by atoms with Gasteiger partial charge in [-0.3, -0.25) is 4.98 Å². The average molecular weight is 234 g/mol. The van der Waals surface area contributed by atoms with Gasteiger partial charge in [-0.15, -0.1) is 0 Å². The maximum absolute atomic E-state index is 11.0. The van der Waals surface area contributed by atoms with E-state index < -0.39 is 0 Å². The number of carbonyl (C=O) groups excluding carboxylic acids is 1. The Hall–Kier alpha value is -1.68. The molecule has 0 aliphatic carbocycles. The minimum Gasteiger partial charge on any atom is -0.463 e. The molecule has 0 saturated carbocycles. The van der Waals surface area contributed by atoms with Gasteiger partial charge in [0.1, 0.15) is 0 Å². The van der Waals surface area contributed by atoms with Gasteiger partial charge in [-0.2, -0.15) is 0 Å². The maximum atomic E-state index is 11.0. The highest BCUT2D eigenvalue weighted by atomic mass is 16.5. The second-order valence-electron chi connectivity index (χ2n) is 3.43. The molecule has 0 radical (unpaired) electrons. The summed E-state index contributed by atoms with van der Waals surface area (Å²) in [4.78, 5) is 15.2. The lowest BCUT2D eigenvalue weighted by Gasteiger charge is -2.01. The van der Waals surface area contributed by atoms with Crippen molar-refractivity contribution >= 4 is 5.97 Å². The van der Waals surface area contributed by atoms with Crippen LogP contribution < -0.4 is 5.32 Å². The van der Waals surface area contributed by atoms with E-state index in [0.717, 1.165) is 18.7 Å². The van der Waals surface area contributed by atoms with Crippen molar-refractivity contribution in [1.29, 1.82) is 0 Å². The molecule has 1 heterocycles. The molecule has 0 fully saturated rings. The minimum atomic E-state index is -0.293. The van der Waals surface area contributed by atoms with Crippen molar-refractivity contribution in [3.63, 3.8) is 0 Å². The number of aromatic nitrogens is 1. The summed E-state index contributed by atoms with van der Waals surface area (Å²) < 4.78 is 4.75. The molecule has 0 amide bonds. The normalized spacial score (nSPS) is 10.6. The van der Waals surface area contributed by atoms with Gasteiger partial charge in [-0.25, -0.2) is 4.79 Å². The molecule has 0 aliphatic heterocycles. The van der Waals surface area contributed by atoms with Crippen LogP contribution in [0.1, 0.15) is 12.6 Å². The van der Waals surface area contributed by atoms with Gasteiger partial charge in [-0.05, 0) is 19.1 Å². The third-order valence-corrected chi connectivity index (χ3v) is 2.09. The number of rotatable bonds is 7. The van der Waals surface area contributed by atoms with Crippen molar-refractivity contribution in [1.82, 2.24) is 10.3 Å². The van der Waals surface area contributed by atoms with Crippen molar-refractivity contribution < 1.29 is 9.53 Å². The Labute approximate surface area is 102 Å². The van der Waals surface area contributed by atoms with Crippen molar-refractivity contribution in [3.05, 3.63) is 42.2 Å². The Balaban J connectivity index is 2.07. The first-order valence-corrected chi connectivity index (χ1v) is 5.77. The molecule has 4 nitrogen and oxygen atoms in total. The Morgan fingerprint density at radius 3 is 3.12 bits per heavy atom. The maximum Gasteiger partial charge on any atom is 0.330 e. The molecule has 0 aromatic carbocycles. The SMILES string of the molecule is CCOC(=O)/C=C/CNCCc1ccccn1. The lowest BCUT2D eigenvalue weighted by molar-refractivity contribution is -0.137. The fraction of sp³-hybridized carbons (Fsp3) is 0.385. The fourth-order valence-electron chi connectivity index (χ4n) is 1.29. The summed E-state index contributed by atoms with van der Waals surface area (Å²) >= 11 is 0. The highest BCUT2D eigenvalue weighted by molar-refractivity contribution is 5.81. The summed E-state index contributed by atoms with van der Waals surface area (Å²) in [6, 6.07) is 5.87. The molecule has 0 bridgehead atoms. The van der Waals surface area contributed by atoms with E-state index in [1.165, 1.54) is 6.08 Å². The van der Waals surface area contributed by atoms with Crippen LogP contribution in [0, 0.1) is 0 Å². The fourth-order valence-corrected chi connectivity index (χ4v) is 1.29. The van der Waals surface area contributed by atoms with Crippen molar-refractivity contribution in [2.75, 3.05) is 19.7 Å². The van der Waals surface area contributed by atoms with Crippen LogP contribution in [0.2, 0.25) is 0 Å². The predicted octanol–water partition coefficient (Wildman–Crippen LogP) is 1.33. The molecule has 1 aromatic heterocycles. The summed E-state index contributed by atoms with van der Waals surface area (Å²) in [5.74, 6) is -0.293. The molecule has 92 valence electrons. The van der Waals surface area contributed by atoms with Crippen LogP contribution in [0.15, 0.2) is 36.5 Å². The van der Waals surface area contributed by atoms with Crippen LogP contribution in [-0.4, -0.2) is 30.6 Å². The van der Waals surface area contributed by atoms with E-state index in [1.807, 2.05) is 18.2 Å². The second kappa shape index (κ2) is 8.47. The van der Waals surface area contributed by atoms with Crippen LogP contribution in [0.3, 0.4) is 0 Å². The summed E-state index contributed by atoms with van der Waals surface area (Å²) in [5, 5.41) is 3.20. The molecule has 0 aliphatic rings. The highest BCUT2D eigenvalue weighted by Gasteiger charge is 1.93. The zero-order valence-corrected chi connectivity index (χ0v) is 10.1. The molecule has 1 aromatic rings. The van der Waals surface area contributed by atoms with Crippen molar-refractivity contribution in [3.8, 4) is 0 Å². The monoisotopic (exact) mass is 234 g/mol. The minimum absolute atomic E-state index is 0.293. The number of nitrogens with one attached hydrogen (secondary N) is 1. The molecular weight excluding hydrogens is 216 g/mol. The number of hydrogen-bond donors (Lipinski definition) is 1. The van der Waals surface area contributed by atoms with Gasteiger partial charge >= 0.3 is 5.97 Å². The van der Waals surface area contributed by atoms with Crippen LogP contribution in [0.4, 0.5) is 0 Å². The van der Waals surface area contributed by atoms with Gasteiger partial charge in [0.15, 0.2) is 0 Å². The van der Waals surface area contributed by atoms with E-state index in [2.05, 4.69) is 10.3 Å². The van der Waals surface area contributed by atoms with E-state index >= 15 is 0 Å². The van der Waals surface area contributed by atoms with Crippen molar-refractivity contribution in [2.45, 2.75) is 13.3 Å². The van der Waals surface area contributed by atoms with Crippen LogP contribution in [0.5, 0.6) is 0 Å². The molecule has 4 heteroatoms. The molecular formula is C13H18N2O2. The molecule has 0 atom stereocenters. The molecule has 0 saturated heterocycles. The van der Waals surface area contributed by atoms with E-state index in [4.69, 9.17) is 4.74 Å². The van der Waals surface area contributed by atoms with Gasteiger partial charge in [0.2, 0.25) is 0 Å². The Morgan fingerprint density at radius 2 is 2.41 bits per heavy atom. The lowest BCUT2D eigenvalue weighted by Crippen LogP contribution is -2.17. The number of nitrogens with zero attached hydrogens (tertiary/aromatic N) is 1. The zero-order chi connectivity index (χ0) is 12.3. The van der Waals surface area contributed by atoms with Gasteiger partial charge in [0, 0.05) is 37.5 Å². The van der Waals surface area contributed by atoms with Gasteiger partial charge < -0.3 is 10.1 Å². The molecule has 0 unspecified atom stereocenters. The van der Waals surface area contributed by atoms with E-state index in [1.54, 1.807) is 19.2 Å². The van der Waals surface area contributed by atoms with Crippen LogP contribution in [0.25, 0.3) is 0 Å². The van der Waals surface area contributed by atoms with Gasteiger partial charge in [0.05, 0.1) is 6.61 Å². The first-order valence-electron chi connectivity index (χ1n) is 5.77. The van der Waals surface area contributed by atoms with E-state index in [-0.39, 0.29) is 5.97 Å². The smallest absolute Gasteiger partial charge is 0.330 e. The zero-order valence-electron chi connectivity index (χ0n) is 10.1. The largest absolute Gasteiger partial charge is 0.463 e. The van der Waals surface area contributed by atoms with Gasteiger partial charge in [-0.1, -0.05) is 12.1 Å². The number of carbonyl (C=O) groups is 1. The second-order valence-corrected chi connectivity index (χ2v) is 3.43. The standard InChI is InChI=1S/C13H18N2O2/c1-2-17-13(16)7-5-9-14-11-8-12-6-3-4-10-15-12/h3-7,10,14H,2,8-9,11H2,1H3/b7-5+. The molecule has 0 spiro atoms. The van der Waals surface area contributed by atoms with E-state index in [0.29, 0.717) is 13.2 Å². The third kappa shape index (κ3) is 6.48. The summed E-state index contributed by atoms with van der Waals surface area (Å²) in [5.41, 5.74) is 1.06. The molecule has 17 heavy (non-hydrogen) atoms. The average Bonchev–Trinajstić information content (AvgIpc) is 2.35. The first kappa shape index (κ1) is 13.4. The van der Waals surface area contributed by atoms with Crippen LogP contribution >= 0.6 is 0 Å². The third-order valence-electron chi connectivity index (χ3n) is 2.09. The van der Waals surface area contributed by atoms with E-state index in [9.17, 15) is 4.79 Å². The predicted molar refractivity (Wildman–Crippen MR) is 66.6 cm³/mol. The Bertz CT molecular complexity index is 350. The molecule has 1 rings (SSSR count). The summed E-state index contributed by atoms with van der Waals surface area (Å²) in [7, 11) is 0. The topological polar surface area (TPSA) is 51.2 Å². The first-order chi connectivity index (χ1) is 8.33. The Morgan fingerprint density at radius 1 is 1.53 bits per heavy atom. The molecule has 1 N–H and O–H groups in total. The number of ether oxygens (including phenoxy) is 1. The highest BCUT2D eigenvalue weighted by Crippen LogP contribution is 1.92.